The fourth-order valence-electron chi connectivity index (χ4n) is 3.09. The predicted molar refractivity (Wildman–Crippen MR) is 98.8 cm³/mol. The second-order valence-electron chi connectivity index (χ2n) is 5.98. The first-order chi connectivity index (χ1) is 13.1. The minimum absolute atomic E-state index is 0.111. The van der Waals surface area contributed by atoms with Crippen LogP contribution in [-0.4, -0.2) is 31.5 Å². The molecule has 0 atom stereocenters. The fourth-order valence-corrected chi connectivity index (χ4v) is 3.26. The number of aromatic nitrogens is 3. The van der Waals surface area contributed by atoms with Gasteiger partial charge in [-0.1, -0.05) is 11.6 Å². The molecule has 0 saturated carbocycles. The third-order valence-electron chi connectivity index (χ3n) is 4.34. The average molecular weight is 382 g/mol. The predicted octanol–water partition coefficient (Wildman–Crippen LogP) is 3.88. The number of rotatable bonds is 2. The van der Waals surface area contributed by atoms with Crippen molar-refractivity contribution in [1.82, 2.24) is 14.5 Å². The highest BCUT2D eigenvalue weighted by molar-refractivity contribution is 6.32. The molecule has 8 heteroatoms. The summed E-state index contributed by atoms with van der Waals surface area (Å²) in [4.78, 5) is 9.04. The number of pyridine rings is 1. The molecule has 2 aromatic carbocycles. The van der Waals surface area contributed by atoms with Gasteiger partial charge in [-0.05, 0) is 30.3 Å². The number of ether oxygens (including phenoxy) is 2. The van der Waals surface area contributed by atoms with Gasteiger partial charge in [-0.25, -0.2) is 9.97 Å². The first-order valence-electron chi connectivity index (χ1n) is 8.07. The zero-order valence-electron chi connectivity index (χ0n) is 13.8. The zero-order chi connectivity index (χ0) is 18.5. The molecule has 134 valence electrons. The van der Waals surface area contributed by atoms with Crippen molar-refractivity contribution in [2.75, 3.05) is 6.79 Å². The number of hydrogen-bond acceptors (Lipinski definition) is 6. The van der Waals surface area contributed by atoms with Crippen molar-refractivity contribution in [2.45, 2.75) is 0 Å². The molecule has 7 nitrogen and oxygen atoms in total. The topological polar surface area (TPSA) is 89.6 Å². The number of phenols is 2. The minimum atomic E-state index is -0.207. The average Bonchev–Trinajstić information content (AvgIpc) is 3.28. The van der Waals surface area contributed by atoms with Gasteiger partial charge in [0.25, 0.3) is 0 Å². The zero-order valence-corrected chi connectivity index (χ0v) is 14.5. The summed E-state index contributed by atoms with van der Waals surface area (Å²) >= 11 is 6.06. The van der Waals surface area contributed by atoms with Crippen molar-refractivity contribution in [3.8, 4) is 40.1 Å². The molecule has 2 aromatic heterocycles. The van der Waals surface area contributed by atoms with E-state index < -0.39 is 0 Å². The summed E-state index contributed by atoms with van der Waals surface area (Å²) in [5.74, 6) is 1.36. The number of hydrogen-bond donors (Lipinski definition) is 2. The molecule has 0 bridgehead atoms. The Bertz CT molecular complexity index is 1210. The van der Waals surface area contributed by atoms with E-state index in [0.717, 1.165) is 5.69 Å². The van der Waals surface area contributed by atoms with E-state index in [4.69, 9.17) is 21.1 Å². The summed E-state index contributed by atoms with van der Waals surface area (Å²) in [6, 6.07) is 11.7. The lowest BCUT2D eigenvalue weighted by Gasteiger charge is -2.11. The second kappa shape index (κ2) is 5.78. The van der Waals surface area contributed by atoms with Gasteiger partial charge in [0.15, 0.2) is 23.0 Å². The SMILES string of the molecule is Oc1cc(O)c(-c2nc3cccnc3n2-c2ccc3c(c2)OCO3)cc1Cl. The molecule has 0 amide bonds. The van der Waals surface area contributed by atoms with Crippen LogP contribution in [0.3, 0.4) is 0 Å². The summed E-state index contributed by atoms with van der Waals surface area (Å²) in [5, 5.41) is 20.2. The first-order valence-corrected chi connectivity index (χ1v) is 8.45. The van der Waals surface area contributed by atoms with E-state index in [2.05, 4.69) is 9.97 Å². The Morgan fingerprint density at radius 2 is 1.85 bits per heavy atom. The summed E-state index contributed by atoms with van der Waals surface area (Å²) in [5.41, 5.74) is 2.36. The van der Waals surface area contributed by atoms with Crippen molar-refractivity contribution in [1.29, 1.82) is 0 Å². The number of benzene rings is 2. The van der Waals surface area contributed by atoms with Crippen LogP contribution in [0.25, 0.3) is 28.2 Å². The van der Waals surface area contributed by atoms with Gasteiger partial charge in [0.1, 0.15) is 17.0 Å². The molecule has 0 unspecified atom stereocenters. The number of aromatic hydroxyl groups is 2. The van der Waals surface area contributed by atoms with E-state index in [1.54, 1.807) is 22.9 Å². The molecule has 1 aliphatic heterocycles. The highest BCUT2D eigenvalue weighted by Gasteiger charge is 2.21. The maximum absolute atomic E-state index is 10.4. The molecule has 0 fully saturated rings. The number of phenolic OH excluding ortho intramolecular Hbond substituents is 2. The van der Waals surface area contributed by atoms with Gasteiger partial charge in [-0.15, -0.1) is 0 Å². The van der Waals surface area contributed by atoms with E-state index in [0.29, 0.717) is 34.1 Å². The molecule has 0 saturated heterocycles. The summed E-state index contributed by atoms with van der Waals surface area (Å²) in [6.45, 7) is 0.170. The van der Waals surface area contributed by atoms with Crippen molar-refractivity contribution in [3.63, 3.8) is 0 Å². The molecule has 0 spiro atoms. The fraction of sp³-hybridized carbons (Fsp3) is 0.0526. The summed E-state index contributed by atoms with van der Waals surface area (Å²) < 4.78 is 12.6. The van der Waals surface area contributed by atoms with Gasteiger partial charge in [0.05, 0.1) is 16.3 Å². The maximum atomic E-state index is 10.4. The standard InChI is InChI=1S/C19H12ClN3O4/c20-12-7-11(14(24)8-15(12)25)18-22-13-2-1-5-21-19(13)23(18)10-3-4-16-17(6-10)27-9-26-16/h1-8,24-25H,9H2. The Balaban J connectivity index is 1.81. The molecule has 2 N–H and O–H groups in total. The van der Waals surface area contributed by atoms with Crippen molar-refractivity contribution >= 4 is 22.8 Å². The van der Waals surface area contributed by atoms with Crippen LogP contribution in [0, 0.1) is 0 Å². The minimum Gasteiger partial charge on any atom is -0.507 e. The molecule has 1 aliphatic rings. The second-order valence-corrected chi connectivity index (χ2v) is 6.38. The van der Waals surface area contributed by atoms with Crippen LogP contribution in [0.5, 0.6) is 23.0 Å². The number of halogens is 1. The monoisotopic (exact) mass is 381 g/mol. The van der Waals surface area contributed by atoms with Gasteiger partial charge >= 0.3 is 0 Å². The highest BCUT2D eigenvalue weighted by Crippen LogP contribution is 2.40. The Labute approximate surface area is 158 Å². The molecule has 0 radical (unpaired) electrons. The van der Waals surface area contributed by atoms with Gasteiger partial charge in [0, 0.05) is 18.3 Å². The largest absolute Gasteiger partial charge is 0.507 e. The quantitative estimate of drug-likeness (QED) is 0.547. The van der Waals surface area contributed by atoms with Crippen molar-refractivity contribution < 1.29 is 19.7 Å². The Hall–Kier alpha value is -3.45. The molecule has 5 rings (SSSR count). The first kappa shape index (κ1) is 15.8. The molecule has 4 aromatic rings. The number of nitrogens with zero attached hydrogens (tertiary/aromatic N) is 3. The normalized spacial score (nSPS) is 12.6. The van der Waals surface area contributed by atoms with Crippen molar-refractivity contribution in [2.24, 2.45) is 0 Å². The Kier molecular flexibility index (Phi) is 3.38. The van der Waals surface area contributed by atoms with Crippen LogP contribution in [0.15, 0.2) is 48.7 Å². The third-order valence-corrected chi connectivity index (χ3v) is 4.64. The van der Waals surface area contributed by atoms with Gasteiger partial charge < -0.3 is 19.7 Å². The number of imidazole rings is 1. The highest BCUT2D eigenvalue weighted by atomic mass is 35.5. The lowest BCUT2D eigenvalue weighted by Crippen LogP contribution is -1.99. The third kappa shape index (κ3) is 2.43. The lowest BCUT2D eigenvalue weighted by atomic mass is 10.1. The molecular formula is C19H12ClN3O4. The van der Waals surface area contributed by atoms with Gasteiger partial charge in [-0.3, -0.25) is 4.57 Å². The Morgan fingerprint density at radius 1 is 1.00 bits per heavy atom. The van der Waals surface area contributed by atoms with Crippen molar-refractivity contribution in [3.05, 3.63) is 53.7 Å². The van der Waals surface area contributed by atoms with E-state index >= 15 is 0 Å². The Morgan fingerprint density at radius 3 is 2.74 bits per heavy atom. The van der Waals surface area contributed by atoms with Crippen LogP contribution < -0.4 is 9.47 Å². The van der Waals surface area contributed by atoms with Crippen LogP contribution in [0.4, 0.5) is 0 Å². The molecule has 27 heavy (non-hydrogen) atoms. The van der Waals surface area contributed by atoms with Crippen LogP contribution in [-0.2, 0) is 0 Å². The van der Waals surface area contributed by atoms with E-state index in [-0.39, 0.29) is 23.3 Å². The molecule has 0 aliphatic carbocycles. The maximum Gasteiger partial charge on any atom is 0.231 e. The molecular weight excluding hydrogens is 370 g/mol. The van der Waals surface area contributed by atoms with Crippen LogP contribution in [0.2, 0.25) is 5.02 Å². The smallest absolute Gasteiger partial charge is 0.231 e. The lowest BCUT2D eigenvalue weighted by molar-refractivity contribution is 0.174. The summed E-state index contributed by atoms with van der Waals surface area (Å²) in [7, 11) is 0. The van der Waals surface area contributed by atoms with E-state index in [9.17, 15) is 10.2 Å². The van der Waals surface area contributed by atoms with Gasteiger partial charge in [0.2, 0.25) is 6.79 Å². The van der Waals surface area contributed by atoms with E-state index in [1.165, 1.54) is 12.1 Å². The van der Waals surface area contributed by atoms with Crippen LogP contribution in [0.1, 0.15) is 0 Å². The number of fused-ring (bicyclic) bond motifs is 2. The van der Waals surface area contributed by atoms with E-state index in [1.807, 2.05) is 18.2 Å². The summed E-state index contributed by atoms with van der Waals surface area (Å²) in [6.07, 6.45) is 1.67. The van der Waals surface area contributed by atoms with Gasteiger partial charge in [-0.2, -0.15) is 0 Å². The van der Waals surface area contributed by atoms with Crippen LogP contribution >= 0.6 is 11.6 Å². The molecule has 3 heterocycles.